The van der Waals surface area contributed by atoms with Crippen LogP contribution in [-0.4, -0.2) is 17.0 Å². The lowest BCUT2D eigenvalue weighted by atomic mass is 10.2. The Morgan fingerprint density at radius 3 is 2.71 bits per heavy atom. The normalized spacial score (nSPS) is 10.5. The maximum absolute atomic E-state index is 11.9. The molecule has 96 valence electrons. The van der Waals surface area contributed by atoms with Gasteiger partial charge in [0.15, 0.2) is 0 Å². The van der Waals surface area contributed by atoms with E-state index < -0.39 is 0 Å². The van der Waals surface area contributed by atoms with E-state index >= 15 is 0 Å². The van der Waals surface area contributed by atoms with Gasteiger partial charge in [0.05, 0.1) is 0 Å². The van der Waals surface area contributed by atoms with Crippen molar-refractivity contribution in [2.75, 3.05) is 6.54 Å². The fraction of sp³-hybridized carbons (Fsp3) is 0.643. The minimum Gasteiger partial charge on any atom is -0.351 e. The molecule has 0 saturated carbocycles. The Hall–Kier alpha value is -1.25. The van der Waals surface area contributed by atoms with Crippen LogP contribution in [0.25, 0.3) is 0 Å². The first-order chi connectivity index (χ1) is 8.29. The van der Waals surface area contributed by atoms with Crippen molar-refractivity contribution in [3.8, 4) is 0 Å². The summed E-state index contributed by atoms with van der Waals surface area (Å²) < 4.78 is 2.05. The number of amides is 1. The number of carbonyl (C=O) groups is 1. The first-order valence-electron chi connectivity index (χ1n) is 6.73. The second-order valence-corrected chi connectivity index (χ2v) is 4.40. The molecule has 0 aliphatic heterocycles. The van der Waals surface area contributed by atoms with Gasteiger partial charge in [-0.05, 0) is 25.0 Å². The van der Waals surface area contributed by atoms with Crippen molar-refractivity contribution in [2.45, 2.75) is 52.5 Å². The minimum absolute atomic E-state index is 0.0555. The Kier molecular flexibility index (Phi) is 6.45. The smallest absolute Gasteiger partial charge is 0.267 e. The summed E-state index contributed by atoms with van der Waals surface area (Å²) in [5.74, 6) is 0.0555. The first-order valence-corrected chi connectivity index (χ1v) is 6.73. The van der Waals surface area contributed by atoms with Crippen LogP contribution in [-0.2, 0) is 6.54 Å². The topological polar surface area (TPSA) is 34.0 Å². The quantitative estimate of drug-likeness (QED) is 0.691. The largest absolute Gasteiger partial charge is 0.351 e. The summed E-state index contributed by atoms with van der Waals surface area (Å²) in [6.45, 7) is 6.03. The first kappa shape index (κ1) is 13.8. The van der Waals surface area contributed by atoms with Gasteiger partial charge in [0, 0.05) is 19.3 Å². The summed E-state index contributed by atoms with van der Waals surface area (Å²) in [5, 5.41) is 2.96. The molecule has 1 N–H and O–H groups in total. The molecule has 0 aliphatic rings. The predicted octanol–water partition coefficient (Wildman–Crippen LogP) is 3.21. The third kappa shape index (κ3) is 4.63. The molecule has 0 radical (unpaired) electrons. The number of aryl methyl sites for hydroxylation is 1. The molecule has 0 saturated heterocycles. The molecule has 0 aromatic carbocycles. The van der Waals surface area contributed by atoms with Gasteiger partial charge in [-0.3, -0.25) is 4.79 Å². The van der Waals surface area contributed by atoms with Gasteiger partial charge in [-0.1, -0.05) is 33.1 Å². The van der Waals surface area contributed by atoms with Crippen molar-refractivity contribution in [3.05, 3.63) is 24.0 Å². The maximum atomic E-state index is 11.9. The lowest BCUT2D eigenvalue weighted by molar-refractivity contribution is 0.0943. The van der Waals surface area contributed by atoms with Crippen LogP contribution in [0.2, 0.25) is 0 Å². The number of aromatic nitrogens is 1. The zero-order valence-electron chi connectivity index (χ0n) is 11.0. The molecule has 3 heteroatoms. The van der Waals surface area contributed by atoms with Gasteiger partial charge in [0.1, 0.15) is 5.69 Å². The maximum Gasteiger partial charge on any atom is 0.267 e. The van der Waals surface area contributed by atoms with Crippen molar-refractivity contribution in [3.63, 3.8) is 0 Å². The highest BCUT2D eigenvalue weighted by Gasteiger charge is 2.09. The Morgan fingerprint density at radius 1 is 1.24 bits per heavy atom. The molecule has 17 heavy (non-hydrogen) atoms. The van der Waals surface area contributed by atoms with Gasteiger partial charge in [-0.2, -0.15) is 0 Å². The van der Waals surface area contributed by atoms with Crippen LogP contribution in [0.15, 0.2) is 18.3 Å². The van der Waals surface area contributed by atoms with Gasteiger partial charge in [-0.25, -0.2) is 0 Å². The molecule has 1 amide bonds. The molecule has 0 bridgehead atoms. The predicted molar refractivity (Wildman–Crippen MR) is 71.2 cm³/mol. The van der Waals surface area contributed by atoms with Crippen LogP contribution in [0, 0.1) is 0 Å². The fourth-order valence-corrected chi connectivity index (χ4v) is 1.82. The number of nitrogens with zero attached hydrogens (tertiary/aromatic N) is 1. The van der Waals surface area contributed by atoms with Gasteiger partial charge in [0.2, 0.25) is 0 Å². The van der Waals surface area contributed by atoms with Crippen molar-refractivity contribution in [2.24, 2.45) is 0 Å². The zero-order chi connectivity index (χ0) is 12.5. The highest BCUT2D eigenvalue weighted by molar-refractivity contribution is 5.92. The Labute approximate surface area is 104 Å². The standard InChI is InChI=1S/C14H24N2O/c1-3-5-7-11-16-12-8-9-13(16)14(17)15-10-6-4-2/h8-9,12H,3-7,10-11H2,1-2H3,(H,15,17). The van der Waals surface area contributed by atoms with Crippen molar-refractivity contribution < 1.29 is 4.79 Å². The van der Waals surface area contributed by atoms with E-state index in [0.29, 0.717) is 0 Å². The molecule has 0 atom stereocenters. The second-order valence-electron chi connectivity index (χ2n) is 4.40. The average Bonchev–Trinajstić information content (AvgIpc) is 2.78. The number of carbonyl (C=O) groups excluding carboxylic acids is 1. The van der Waals surface area contributed by atoms with Gasteiger partial charge in [0.25, 0.3) is 5.91 Å². The molecular formula is C14H24N2O. The highest BCUT2D eigenvalue weighted by Crippen LogP contribution is 2.06. The number of hydrogen-bond donors (Lipinski definition) is 1. The van der Waals surface area contributed by atoms with Crippen LogP contribution in [0.4, 0.5) is 0 Å². The van der Waals surface area contributed by atoms with E-state index in [1.54, 1.807) is 0 Å². The molecule has 0 aliphatic carbocycles. The Morgan fingerprint density at radius 2 is 2.00 bits per heavy atom. The van der Waals surface area contributed by atoms with Crippen molar-refractivity contribution in [1.82, 2.24) is 9.88 Å². The molecule has 1 rings (SSSR count). The third-order valence-electron chi connectivity index (χ3n) is 2.88. The fourth-order valence-electron chi connectivity index (χ4n) is 1.82. The lowest BCUT2D eigenvalue weighted by Crippen LogP contribution is -2.26. The minimum atomic E-state index is 0.0555. The number of nitrogens with one attached hydrogen (secondary N) is 1. The summed E-state index contributed by atoms with van der Waals surface area (Å²) in [7, 11) is 0. The molecule has 1 aromatic heterocycles. The summed E-state index contributed by atoms with van der Waals surface area (Å²) in [4.78, 5) is 11.9. The van der Waals surface area contributed by atoms with E-state index in [0.717, 1.165) is 38.0 Å². The van der Waals surface area contributed by atoms with Gasteiger partial charge < -0.3 is 9.88 Å². The van der Waals surface area contributed by atoms with Gasteiger partial charge in [-0.15, -0.1) is 0 Å². The van der Waals surface area contributed by atoms with E-state index in [-0.39, 0.29) is 5.91 Å². The van der Waals surface area contributed by atoms with Gasteiger partial charge >= 0.3 is 0 Å². The van der Waals surface area contributed by atoms with Crippen LogP contribution in [0.1, 0.15) is 56.4 Å². The summed E-state index contributed by atoms with van der Waals surface area (Å²) in [6.07, 6.45) is 7.71. The molecule has 0 unspecified atom stereocenters. The van der Waals surface area contributed by atoms with E-state index in [1.807, 2.05) is 18.3 Å². The monoisotopic (exact) mass is 236 g/mol. The molecule has 3 nitrogen and oxygen atoms in total. The molecule has 0 fully saturated rings. The van der Waals surface area contributed by atoms with E-state index in [4.69, 9.17) is 0 Å². The lowest BCUT2D eigenvalue weighted by Gasteiger charge is -2.09. The van der Waals surface area contributed by atoms with Crippen molar-refractivity contribution in [1.29, 1.82) is 0 Å². The number of unbranched alkanes of at least 4 members (excludes halogenated alkanes) is 3. The van der Waals surface area contributed by atoms with Crippen molar-refractivity contribution >= 4 is 5.91 Å². The average molecular weight is 236 g/mol. The van der Waals surface area contributed by atoms with Crippen LogP contribution in [0.5, 0.6) is 0 Å². The molecular weight excluding hydrogens is 212 g/mol. The van der Waals surface area contributed by atoms with E-state index in [2.05, 4.69) is 23.7 Å². The van der Waals surface area contributed by atoms with Crippen LogP contribution < -0.4 is 5.32 Å². The van der Waals surface area contributed by atoms with E-state index in [1.165, 1.54) is 12.8 Å². The Bertz CT molecular complexity index is 331. The number of hydrogen-bond acceptors (Lipinski definition) is 1. The highest BCUT2D eigenvalue weighted by atomic mass is 16.1. The van der Waals surface area contributed by atoms with Crippen LogP contribution in [0.3, 0.4) is 0 Å². The summed E-state index contributed by atoms with van der Waals surface area (Å²) in [5.41, 5.74) is 0.789. The van der Waals surface area contributed by atoms with Crippen LogP contribution >= 0.6 is 0 Å². The Balaban J connectivity index is 2.46. The third-order valence-corrected chi connectivity index (χ3v) is 2.88. The SMILES string of the molecule is CCCCCn1cccc1C(=O)NCCCC. The molecule has 1 heterocycles. The van der Waals surface area contributed by atoms with E-state index in [9.17, 15) is 4.79 Å². The second kappa shape index (κ2) is 7.93. The number of rotatable bonds is 8. The summed E-state index contributed by atoms with van der Waals surface area (Å²) >= 11 is 0. The zero-order valence-corrected chi connectivity index (χ0v) is 11.0. The molecule has 1 aromatic rings. The molecule has 0 spiro atoms. The summed E-state index contributed by atoms with van der Waals surface area (Å²) in [6, 6.07) is 3.84.